The van der Waals surface area contributed by atoms with Gasteiger partial charge in [0.2, 0.25) is 0 Å². The summed E-state index contributed by atoms with van der Waals surface area (Å²) in [5, 5.41) is 21.0. The van der Waals surface area contributed by atoms with Crippen LogP contribution in [0.3, 0.4) is 0 Å². The summed E-state index contributed by atoms with van der Waals surface area (Å²) in [4.78, 5) is 30.0. The molecule has 3 amide bonds. The minimum atomic E-state index is -1.23. The third kappa shape index (κ3) is 7.32. The molecule has 10 nitrogen and oxygen atoms in total. The molecule has 0 unspecified atom stereocenters. The van der Waals surface area contributed by atoms with E-state index in [9.17, 15) is 14.7 Å². The minimum Gasteiger partial charge on any atom is -0.492 e. The number of nitrogens with zero attached hydrogens (tertiary/aromatic N) is 3. The first-order valence-corrected chi connectivity index (χ1v) is 11.7. The van der Waals surface area contributed by atoms with Crippen LogP contribution in [-0.2, 0) is 4.79 Å². The number of carbonyl (C=O) groups excluding carboxylic acids is 2. The molecular weight excluding hydrogens is 450 g/mol. The van der Waals surface area contributed by atoms with Crippen molar-refractivity contribution < 1.29 is 24.6 Å². The predicted octanol–water partition coefficient (Wildman–Crippen LogP) is 1.38. The van der Waals surface area contributed by atoms with Crippen LogP contribution in [0.15, 0.2) is 48.5 Å². The van der Waals surface area contributed by atoms with E-state index in [1.807, 2.05) is 26.2 Å². The van der Waals surface area contributed by atoms with E-state index in [4.69, 9.17) is 9.94 Å². The molecule has 1 saturated heterocycles. The molecule has 1 heterocycles. The topological polar surface area (TPSA) is 118 Å². The molecule has 0 radical (unpaired) electrons. The fourth-order valence-corrected chi connectivity index (χ4v) is 3.82. The van der Waals surface area contributed by atoms with E-state index >= 15 is 0 Å². The molecule has 0 aromatic heterocycles. The standard InChI is InChI=1S/C25H35N5O5/c1-18(31)23(24(32)27-34)26-25(33)30-14-12-29(13-15-30)21-8-4-19(5-9-21)20-6-10-22(11-7-20)35-17-16-28(2)3/h4-11,18,23,31,34H,12-17H2,1-3H3,(H,26,33)(H,27,32)/t18-,23+/m1/s1. The Morgan fingerprint density at radius 3 is 2.09 bits per heavy atom. The summed E-state index contributed by atoms with van der Waals surface area (Å²) >= 11 is 0. The molecule has 1 aliphatic heterocycles. The number of hydrogen-bond donors (Lipinski definition) is 4. The predicted molar refractivity (Wildman–Crippen MR) is 134 cm³/mol. The molecule has 1 aliphatic rings. The van der Waals surface area contributed by atoms with Crippen molar-refractivity contribution in [1.29, 1.82) is 0 Å². The van der Waals surface area contributed by atoms with Crippen molar-refractivity contribution in [3.63, 3.8) is 0 Å². The highest BCUT2D eigenvalue weighted by Crippen LogP contribution is 2.26. The molecule has 2 aromatic rings. The highest BCUT2D eigenvalue weighted by atomic mass is 16.5. The number of likely N-dealkylation sites (N-methyl/N-ethyl adjacent to an activating group) is 1. The summed E-state index contributed by atoms with van der Waals surface area (Å²) in [6.07, 6.45) is -1.14. The van der Waals surface area contributed by atoms with Gasteiger partial charge in [0, 0.05) is 38.4 Å². The van der Waals surface area contributed by atoms with Gasteiger partial charge >= 0.3 is 6.03 Å². The van der Waals surface area contributed by atoms with Gasteiger partial charge in [0.05, 0.1) is 6.10 Å². The van der Waals surface area contributed by atoms with Crippen LogP contribution in [0.5, 0.6) is 5.75 Å². The molecule has 35 heavy (non-hydrogen) atoms. The second-order valence-corrected chi connectivity index (χ2v) is 8.84. The smallest absolute Gasteiger partial charge is 0.318 e. The van der Waals surface area contributed by atoms with E-state index in [-0.39, 0.29) is 0 Å². The van der Waals surface area contributed by atoms with Crippen molar-refractivity contribution in [2.45, 2.75) is 19.1 Å². The summed E-state index contributed by atoms with van der Waals surface area (Å²) in [6.45, 7) is 5.09. The molecule has 10 heteroatoms. The van der Waals surface area contributed by atoms with Crippen LogP contribution in [0.2, 0.25) is 0 Å². The van der Waals surface area contributed by atoms with Gasteiger partial charge in [-0.2, -0.15) is 0 Å². The third-order valence-electron chi connectivity index (χ3n) is 5.95. The van der Waals surface area contributed by atoms with Gasteiger partial charge in [0.25, 0.3) is 5.91 Å². The maximum absolute atomic E-state index is 12.5. The van der Waals surface area contributed by atoms with Crippen LogP contribution in [0, 0.1) is 0 Å². The first-order valence-electron chi connectivity index (χ1n) is 11.7. The highest BCUT2D eigenvalue weighted by Gasteiger charge is 2.29. The van der Waals surface area contributed by atoms with Gasteiger partial charge in [-0.05, 0) is 56.4 Å². The number of ether oxygens (including phenoxy) is 1. The SMILES string of the molecule is C[C@@H](O)[C@H](NC(=O)N1CCN(c2ccc(-c3ccc(OCCN(C)C)cc3)cc2)CC1)C(=O)NO. The number of aliphatic hydroxyl groups is 1. The molecule has 2 aromatic carbocycles. The molecule has 3 rings (SSSR count). The molecule has 0 bridgehead atoms. The third-order valence-corrected chi connectivity index (χ3v) is 5.95. The number of rotatable bonds is 9. The number of anilines is 1. The fraction of sp³-hybridized carbons (Fsp3) is 0.440. The highest BCUT2D eigenvalue weighted by molar-refractivity contribution is 5.87. The van der Waals surface area contributed by atoms with Gasteiger partial charge in [-0.25, -0.2) is 10.3 Å². The monoisotopic (exact) mass is 485 g/mol. The Labute approximate surface area is 206 Å². The van der Waals surface area contributed by atoms with Gasteiger partial charge in [-0.1, -0.05) is 24.3 Å². The largest absolute Gasteiger partial charge is 0.492 e. The number of amides is 3. The maximum Gasteiger partial charge on any atom is 0.318 e. The van der Waals surface area contributed by atoms with Crippen LogP contribution >= 0.6 is 0 Å². The Morgan fingerprint density at radius 2 is 1.57 bits per heavy atom. The Balaban J connectivity index is 1.52. The van der Waals surface area contributed by atoms with Gasteiger partial charge < -0.3 is 29.9 Å². The normalized spacial score (nSPS) is 15.5. The summed E-state index contributed by atoms with van der Waals surface area (Å²) in [7, 11) is 4.03. The van der Waals surface area contributed by atoms with Gasteiger partial charge in [0.15, 0.2) is 0 Å². The number of piperazine rings is 1. The molecule has 1 fully saturated rings. The summed E-state index contributed by atoms with van der Waals surface area (Å²) in [5.41, 5.74) is 4.75. The number of aliphatic hydroxyl groups excluding tert-OH is 1. The van der Waals surface area contributed by atoms with E-state index in [0.717, 1.165) is 29.1 Å². The molecule has 0 spiro atoms. The molecule has 2 atom stereocenters. The number of carbonyl (C=O) groups is 2. The second kappa shape index (κ2) is 12.4. The first-order chi connectivity index (χ1) is 16.8. The average Bonchev–Trinajstić information content (AvgIpc) is 2.87. The lowest BCUT2D eigenvalue weighted by Crippen LogP contribution is -2.58. The summed E-state index contributed by atoms with van der Waals surface area (Å²) in [6, 6.07) is 14.7. The Bertz CT molecular complexity index is 957. The Hall–Kier alpha value is -3.34. The summed E-state index contributed by atoms with van der Waals surface area (Å²) in [5.74, 6) is -0.00977. The zero-order valence-corrected chi connectivity index (χ0v) is 20.5. The molecular formula is C25H35N5O5. The van der Waals surface area contributed by atoms with Crippen molar-refractivity contribution in [3.8, 4) is 16.9 Å². The fourth-order valence-electron chi connectivity index (χ4n) is 3.82. The van der Waals surface area contributed by atoms with E-state index in [1.54, 1.807) is 4.90 Å². The number of hydrogen-bond acceptors (Lipinski definition) is 7. The zero-order chi connectivity index (χ0) is 25.4. The number of nitrogens with one attached hydrogen (secondary N) is 2. The maximum atomic E-state index is 12.5. The lowest BCUT2D eigenvalue weighted by Gasteiger charge is -2.36. The van der Waals surface area contributed by atoms with Crippen molar-refractivity contribution in [2.24, 2.45) is 0 Å². The number of urea groups is 1. The Morgan fingerprint density at radius 1 is 1.00 bits per heavy atom. The van der Waals surface area contributed by atoms with Crippen LogP contribution in [0.4, 0.5) is 10.5 Å². The minimum absolute atomic E-state index is 0.455. The van der Waals surface area contributed by atoms with E-state index in [0.29, 0.717) is 32.8 Å². The van der Waals surface area contributed by atoms with E-state index < -0.39 is 24.1 Å². The lowest BCUT2D eigenvalue weighted by atomic mass is 10.0. The second-order valence-electron chi connectivity index (χ2n) is 8.84. The van der Waals surface area contributed by atoms with Crippen molar-refractivity contribution in [3.05, 3.63) is 48.5 Å². The van der Waals surface area contributed by atoms with Crippen LogP contribution in [0.1, 0.15) is 6.92 Å². The molecule has 4 N–H and O–H groups in total. The van der Waals surface area contributed by atoms with Crippen molar-refractivity contribution in [2.75, 3.05) is 58.3 Å². The van der Waals surface area contributed by atoms with Crippen molar-refractivity contribution in [1.82, 2.24) is 20.6 Å². The number of benzene rings is 2. The van der Waals surface area contributed by atoms with Gasteiger partial charge in [0.1, 0.15) is 18.4 Å². The van der Waals surface area contributed by atoms with E-state index in [1.165, 1.54) is 12.4 Å². The quantitative estimate of drug-likeness (QED) is 0.313. The van der Waals surface area contributed by atoms with Crippen molar-refractivity contribution >= 4 is 17.6 Å². The van der Waals surface area contributed by atoms with Gasteiger partial charge in [-0.15, -0.1) is 0 Å². The van der Waals surface area contributed by atoms with E-state index in [2.05, 4.69) is 51.5 Å². The zero-order valence-electron chi connectivity index (χ0n) is 20.5. The van der Waals surface area contributed by atoms with Gasteiger partial charge in [-0.3, -0.25) is 10.0 Å². The molecule has 0 aliphatic carbocycles. The Kier molecular flexibility index (Phi) is 9.30. The summed E-state index contributed by atoms with van der Waals surface area (Å²) < 4.78 is 5.76. The van der Waals surface area contributed by atoms with Crippen LogP contribution in [0.25, 0.3) is 11.1 Å². The molecule has 0 saturated carbocycles. The first kappa shape index (κ1) is 26.3. The number of hydroxylamine groups is 1. The van der Waals surface area contributed by atoms with Crippen LogP contribution in [-0.4, -0.2) is 97.6 Å². The lowest BCUT2D eigenvalue weighted by molar-refractivity contribution is -0.133. The average molecular weight is 486 g/mol. The van der Waals surface area contributed by atoms with Crippen LogP contribution < -0.4 is 20.4 Å². The molecule has 190 valence electrons.